The van der Waals surface area contributed by atoms with E-state index < -0.39 is 11.6 Å². The number of benzene rings is 3. The molecule has 3 aromatic carbocycles. The zero-order valence-electron chi connectivity index (χ0n) is 28.8. The summed E-state index contributed by atoms with van der Waals surface area (Å²) < 4.78 is 31.7. The van der Waals surface area contributed by atoms with Crippen LogP contribution in [0.25, 0.3) is 22.2 Å². The lowest BCUT2D eigenvalue weighted by molar-refractivity contribution is 0.101. The number of fused-ring (bicyclic) bond motifs is 1. The van der Waals surface area contributed by atoms with Crippen LogP contribution >= 0.6 is 0 Å². The fourth-order valence-electron chi connectivity index (χ4n) is 6.29. The van der Waals surface area contributed by atoms with Gasteiger partial charge in [-0.2, -0.15) is 0 Å². The second-order valence-electron chi connectivity index (χ2n) is 13.2. The summed E-state index contributed by atoms with van der Waals surface area (Å²) in [5.41, 5.74) is 5.76. The molecule has 1 aromatic heterocycles. The van der Waals surface area contributed by atoms with Crippen molar-refractivity contribution in [3.63, 3.8) is 0 Å². The predicted molar refractivity (Wildman–Crippen MR) is 188 cm³/mol. The molecule has 4 aromatic rings. The average Bonchev–Trinajstić information content (AvgIpc) is 3.32. The van der Waals surface area contributed by atoms with E-state index in [4.69, 9.17) is 0 Å². The minimum Gasteiger partial charge on any atom is -0.340 e. The van der Waals surface area contributed by atoms with Crippen molar-refractivity contribution in [1.29, 1.82) is 0 Å². The van der Waals surface area contributed by atoms with Gasteiger partial charge in [0.05, 0.1) is 5.69 Å². The number of hydrogen-bond donors (Lipinski definition) is 0. The summed E-state index contributed by atoms with van der Waals surface area (Å²) in [5, 5.41) is 1.11. The highest BCUT2D eigenvalue weighted by atomic mass is 19.1. The number of halogens is 2. The van der Waals surface area contributed by atoms with E-state index in [1.165, 1.54) is 50.7 Å². The first-order valence-corrected chi connectivity index (χ1v) is 17.3. The van der Waals surface area contributed by atoms with Gasteiger partial charge in [0.15, 0.2) is 5.78 Å². The van der Waals surface area contributed by atoms with E-state index in [9.17, 15) is 13.6 Å². The van der Waals surface area contributed by atoms with Gasteiger partial charge in [-0.05, 0) is 66.8 Å². The van der Waals surface area contributed by atoms with Crippen LogP contribution in [-0.2, 0) is 13.0 Å². The van der Waals surface area contributed by atoms with E-state index in [0.717, 1.165) is 59.6 Å². The van der Waals surface area contributed by atoms with E-state index in [1.807, 2.05) is 44.2 Å². The molecule has 0 bridgehead atoms. The number of ketones is 1. The summed E-state index contributed by atoms with van der Waals surface area (Å²) in [7, 11) is 0. The van der Waals surface area contributed by atoms with E-state index in [0.29, 0.717) is 28.9 Å². The number of hydrogen-bond acceptors (Lipinski definition) is 1. The molecule has 1 atom stereocenters. The lowest BCUT2D eigenvalue weighted by Gasteiger charge is -2.23. The number of aromatic nitrogens is 1. The van der Waals surface area contributed by atoms with E-state index in [2.05, 4.69) is 50.5 Å². The minimum absolute atomic E-state index is 0.0336. The summed E-state index contributed by atoms with van der Waals surface area (Å²) >= 11 is 0. The molecule has 0 fully saturated rings. The van der Waals surface area contributed by atoms with Crippen LogP contribution in [0.15, 0.2) is 66.7 Å². The van der Waals surface area contributed by atoms with Crippen LogP contribution in [0.1, 0.15) is 128 Å². The zero-order chi connectivity index (χ0) is 33.0. The number of unbranched alkanes of at least 4 members (excludes halogenated alkanes) is 3. The van der Waals surface area contributed by atoms with Gasteiger partial charge in [-0.25, -0.2) is 8.78 Å². The van der Waals surface area contributed by atoms with Gasteiger partial charge >= 0.3 is 0 Å². The number of Topliss-reactive ketones (excluding diaryl/α,β-unsaturated/α-hetero) is 1. The van der Waals surface area contributed by atoms with Crippen molar-refractivity contribution in [3.8, 4) is 11.3 Å². The van der Waals surface area contributed by atoms with E-state index in [1.54, 1.807) is 6.92 Å². The first-order valence-electron chi connectivity index (χ1n) is 17.3. The van der Waals surface area contributed by atoms with Crippen molar-refractivity contribution in [2.45, 2.75) is 119 Å². The molecule has 0 aliphatic carbocycles. The first kappa shape index (κ1) is 36.2. The average molecular weight is 616 g/mol. The van der Waals surface area contributed by atoms with Crippen LogP contribution in [0.5, 0.6) is 0 Å². The molecule has 1 heterocycles. The Morgan fingerprint density at radius 1 is 0.844 bits per heavy atom. The Morgan fingerprint density at radius 2 is 1.49 bits per heavy atom. The third-order valence-corrected chi connectivity index (χ3v) is 9.28. The maximum atomic E-state index is 14.7. The van der Waals surface area contributed by atoms with Gasteiger partial charge in [-0.3, -0.25) is 4.79 Å². The molecule has 0 saturated carbocycles. The fourth-order valence-corrected chi connectivity index (χ4v) is 6.29. The lowest BCUT2D eigenvalue weighted by Crippen LogP contribution is -2.13. The Bertz CT molecular complexity index is 1480. The van der Waals surface area contributed by atoms with E-state index >= 15 is 0 Å². The summed E-state index contributed by atoms with van der Waals surface area (Å²) in [5.74, 6) is -0.622. The van der Waals surface area contributed by atoms with Crippen molar-refractivity contribution < 1.29 is 13.6 Å². The van der Waals surface area contributed by atoms with Gasteiger partial charge in [0, 0.05) is 41.1 Å². The zero-order valence-corrected chi connectivity index (χ0v) is 28.8. The van der Waals surface area contributed by atoms with Gasteiger partial charge in [0.1, 0.15) is 11.6 Å². The van der Waals surface area contributed by atoms with Gasteiger partial charge in [0.25, 0.3) is 0 Å². The van der Waals surface area contributed by atoms with Crippen molar-refractivity contribution in [2.24, 2.45) is 11.3 Å². The largest absolute Gasteiger partial charge is 0.340 e. The third kappa shape index (κ3) is 10.1. The van der Waals surface area contributed by atoms with Gasteiger partial charge < -0.3 is 4.57 Å². The highest BCUT2D eigenvalue weighted by Crippen LogP contribution is 2.38. The van der Waals surface area contributed by atoms with Crippen LogP contribution in [0.3, 0.4) is 0 Å². The smallest absolute Gasteiger partial charge is 0.159 e. The Balaban J connectivity index is 0.00000271. The second kappa shape index (κ2) is 17.4. The predicted octanol–water partition coefficient (Wildman–Crippen LogP) is 12.6. The van der Waals surface area contributed by atoms with Crippen LogP contribution in [0.4, 0.5) is 8.78 Å². The second-order valence-corrected chi connectivity index (χ2v) is 13.2. The number of nitrogens with zero attached hydrogens (tertiary/aromatic N) is 1. The third-order valence-electron chi connectivity index (χ3n) is 9.28. The number of carbonyl (C=O) groups is 1. The lowest BCUT2D eigenvalue weighted by atomic mass is 9.84. The topological polar surface area (TPSA) is 22.0 Å². The van der Waals surface area contributed by atoms with E-state index in [-0.39, 0.29) is 5.78 Å². The number of carbonyl (C=O) groups excluding carboxylic acids is 1. The van der Waals surface area contributed by atoms with Gasteiger partial charge in [-0.1, -0.05) is 123 Å². The quantitative estimate of drug-likeness (QED) is 0.0908. The summed E-state index contributed by atoms with van der Waals surface area (Å²) in [6, 6.07) is 19.9. The highest BCUT2D eigenvalue weighted by molar-refractivity contribution is 5.94. The summed E-state index contributed by atoms with van der Waals surface area (Å²) in [6.45, 7) is 15.6. The van der Waals surface area contributed by atoms with Crippen LogP contribution < -0.4 is 0 Å². The Kier molecular flexibility index (Phi) is 14.0. The van der Waals surface area contributed by atoms with Crippen LogP contribution in [0, 0.1) is 23.0 Å². The molecular weight excluding hydrogens is 560 g/mol. The normalized spacial score (nSPS) is 12.2. The molecule has 2 nitrogen and oxygen atoms in total. The molecule has 1 unspecified atom stereocenters. The van der Waals surface area contributed by atoms with Crippen molar-refractivity contribution >= 4 is 16.7 Å². The minimum atomic E-state index is -0.568. The molecule has 0 aliphatic heterocycles. The Morgan fingerprint density at radius 3 is 2.11 bits per heavy atom. The van der Waals surface area contributed by atoms with Crippen LogP contribution in [0.2, 0.25) is 0 Å². The molecule has 0 spiro atoms. The summed E-state index contributed by atoms with van der Waals surface area (Å²) in [4.78, 5) is 11.9. The fraction of sp³-hybridized carbons (Fsp3) is 0.488. The molecule has 4 heteroatoms. The SMILES string of the molecule is CC.CCCCC(CCCCCC(C)(C)CC)Cn1c(-c2cc(F)cc(F)c2)c(Cc2ccc(C(C)=O)cc2)c2ccccc21. The maximum absolute atomic E-state index is 14.7. The molecule has 0 aliphatic rings. The standard InChI is InChI=1S/C39H49F2NO.C2H6/c1-6-8-14-30(15-10-9-13-22-39(4,5)7-2)27-42-37-17-12-11-16-35(37)36(23-29-18-20-31(21-19-29)28(3)43)38(42)32-24-33(40)26-34(41)25-32;1-2/h11-12,16-21,24-26,30H,6-10,13-15,22-23,27H2,1-5H3;1-2H3. The molecule has 244 valence electrons. The van der Waals surface area contributed by atoms with Gasteiger partial charge in [0.2, 0.25) is 0 Å². The molecule has 0 radical (unpaired) electrons. The number of para-hydroxylation sites is 1. The highest BCUT2D eigenvalue weighted by Gasteiger charge is 2.23. The van der Waals surface area contributed by atoms with Crippen molar-refractivity contribution in [2.75, 3.05) is 0 Å². The molecule has 0 saturated heterocycles. The molecule has 0 amide bonds. The Labute approximate surface area is 271 Å². The number of rotatable bonds is 16. The van der Waals surface area contributed by atoms with Crippen LogP contribution in [-0.4, -0.2) is 10.4 Å². The molecule has 45 heavy (non-hydrogen) atoms. The first-order chi connectivity index (χ1) is 21.6. The van der Waals surface area contributed by atoms with Crippen molar-refractivity contribution in [1.82, 2.24) is 4.57 Å². The van der Waals surface area contributed by atoms with Crippen molar-refractivity contribution in [3.05, 3.63) is 95.1 Å². The monoisotopic (exact) mass is 615 g/mol. The molecule has 4 rings (SSSR count). The molecular formula is C41H55F2NO. The summed E-state index contributed by atoms with van der Waals surface area (Å²) in [6.07, 6.45) is 11.4. The molecule has 0 N–H and O–H groups in total. The Hall–Kier alpha value is -3.27. The maximum Gasteiger partial charge on any atom is 0.159 e. The van der Waals surface area contributed by atoms with Gasteiger partial charge in [-0.15, -0.1) is 0 Å².